The average Bonchev–Trinajstić information content (AvgIpc) is 3.07. The van der Waals surface area contributed by atoms with Crippen LogP contribution in [0.25, 0.3) is 0 Å². The first kappa shape index (κ1) is 20.7. The standard InChI is InChI=1S/C21H24N4O3S/c1-14-8-9-18(10-15(14)2)28-12-19-23-24-21(25(19)3)29-13-20(26)22-16-6-5-7-17(11-16)27-4/h5-11H,12-13H2,1-4H3,(H,22,26). The van der Waals surface area contributed by atoms with Gasteiger partial charge in [0.2, 0.25) is 5.91 Å². The molecule has 152 valence electrons. The highest BCUT2D eigenvalue weighted by molar-refractivity contribution is 7.99. The first-order valence-electron chi connectivity index (χ1n) is 9.11. The number of thioether (sulfide) groups is 1. The molecule has 1 aromatic heterocycles. The van der Waals surface area contributed by atoms with Gasteiger partial charge in [-0.1, -0.05) is 23.9 Å². The van der Waals surface area contributed by atoms with E-state index in [1.165, 1.54) is 22.9 Å². The van der Waals surface area contributed by atoms with Gasteiger partial charge < -0.3 is 19.4 Å². The number of carbonyl (C=O) groups excluding carboxylic acids is 1. The predicted molar refractivity (Wildman–Crippen MR) is 114 cm³/mol. The Kier molecular flexibility index (Phi) is 6.77. The summed E-state index contributed by atoms with van der Waals surface area (Å²) in [4.78, 5) is 12.2. The molecule has 0 fully saturated rings. The van der Waals surface area contributed by atoms with E-state index in [9.17, 15) is 4.79 Å². The highest BCUT2D eigenvalue weighted by atomic mass is 32.2. The summed E-state index contributed by atoms with van der Waals surface area (Å²) in [5, 5.41) is 11.8. The lowest BCUT2D eigenvalue weighted by Crippen LogP contribution is -2.14. The van der Waals surface area contributed by atoms with Crippen LogP contribution in [0, 0.1) is 13.8 Å². The van der Waals surface area contributed by atoms with Gasteiger partial charge in [0, 0.05) is 18.8 Å². The van der Waals surface area contributed by atoms with E-state index in [4.69, 9.17) is 9.47 Å². The van der Waals surface area contributed by atoms with E-state index in [-0.39, 0.29) is 11.7 Å². The number of rotatable bonds is 8. The van der Waals surface area contributed by atoms with Crippen LogP contribution in [0.2, 0.25) is 0 Å². The second-order valence-corrected chi connectivity index (χ2v) is 7.50. The van der Waals surface area contributed by atoms with Gasteiger partial charge in [0.1, 0.15) is 18.1 Å². The maximum Gasteiger partial charge on any atom is 0.234 e. The van der Waals surface area contributed by atoms with Crippen molar-refractivity contribution in [3.63, 3.8) is 0 Å². The van der Waals surface area contributed by atoms with Gasteiger partial charge in [0.15, 0.2) is 11.0 Å². The van der Waals surface area contributed by atoms with Gasteiger partial charge in [0.25, 0.3) is 0 Å². The molecule has 0 aliphatic carbocycles. The molecule has 0 aliphatic heterocycles. The third kappa shape index (κ3) is 5.51. The lowest BCUT2D eigenvalue weighted by Gasteiger charge is -2.09. The van der Waals surface area contributed by atoms with Crippen molar-refractivity contribution in [2.75, 3.05) is 18.2 Å². The monoisotopic (exact) mass is 412 g/mol. The number of aromatic nitrogens is 3. The van der Waals surface area contributed by atoms with E-state index < -0.39 is 0 Å². The van der Waals surface area contributed by atoms with Gasteiger partial charge in [0.05, 0.1) is 12.9 Å². The molecule has 0 saturated heterocycles. The van der Waals surface area contributed by atoms with Crippen LogP contribution in [0.4, 0.5) is 5.69 Å². The zero-order valence-electron chi connectivity index (χ0n) is 16.9. The molecule has 1 N–H and O–H groups in total. The molecule has 0 atom stereocenters. The number of aryl methyl sites for hydroxylation is 2. The summed E-state index contributed by atoms with van der Waals surface area (Å²) in [5.41, 5.74) is 3.09. The van der Waals surface area contributed by atoms with Crippen LogP contribution in [0.1, 0.15) is 17.0 Å². The molecule has 0 saturated carbocycles. The highest BCUT2D eigenvalue weighted by Gasteiger charge is 2.12. The van der Waals surface area contributed by atoms with E-state index >= 15 is 0 Å². The Morgan fingerprint density at radius 1 is 1.10 bits per heavy atom. The van der Waals surface area contributed by atoms with Gasteiger partial charge >= 0.3 is 0 Å². The maximum atomic E-state index is 12.2. The zero-order valence-corrected chi connectivity index (χ0v) is 17.7. The molecule has 3 aromatic rings. The lowest BCUT2D eigenvalue weighted by molar-refractivity contribution is -0.113. The van der Waals surface area contributed by atoms with Gasteiger partial charge in [-0.2, -0.15) is 0 Å². The lowest BCUT2D eigenvalue weighted by atomic mass is 10.1. The number of nitrogens with zero attached hydrogens (tertiary/aromatic N) is 3. The topological polar surface area (TPSA) is 78.3 Å². The van der Waals surface area contributed by atoms with Crippen LogP contribution in [0.15, 0.2) is 47.6 Å². The molecule has 0 radical (unpaired) electrons. The van der Waals surface area contributed by atoms with Crippen LogP contribution in [0.3, 0.4) is 0 Å². The SMILES string of the molecule is COc1cccc(NC(=O)CSc2nnc(COc3ccc(C)c(C)c3)n2C)c1. The Morgan fingerprint density at radius 3 is 2.69 bits per heavy atom. The summed E-state index contributed by atoms with van der Waals surface area (Å²) in [6.07, 6.45) is 0. The summed E-state index contributed by atoms with van der Waals surface area (Å²) < 4.78 is 12.8. The molecule has 2 aromatic carbocycles. The number of amides is 1. The fraction of sp³-hybridized carbons (Fsp3) is 0.286. The normalized spacial score (nSPS) is 10.6. The van der Waals surface area contributed by atoms with Crippen molar-refractivity contribution >= 4 is 23.4 Å². The fourth-order valence-corrected chi connectivity index (χ4v) is 3.31. The molecule has 0 unspecified atom stereocenters. The quantitative estimate of drug-likeness (QED) is 0.568. The molecule has 0 spiro atoms. The number of benzene rings is 2. The number of hydrogen-bond donors (Lipinski definition) is 1. The predicted octanol–water partition coefficient (Wildman–Crippen LogP) is 3.75. The number of carbonyl (C=O) groups is 1. The molecule has 7 nitrogen and oxygen atoms in total. The average molecular weight is 413 g/mol. The minimum absolute atomic E-state index is 0.126. The first-order chi connectivity index (χ1) is 14.0. The number of nitrogens with one attached hydrogen (secondary N) is 1. The molecule has 0 aliphatic rings. The third-order valence-corrected chi connectivity index (χ3v) is 5.48. The summed E-state index contributed by atoms with van der Waals surface area (Å²) in [6, 6.07) is 13.2. The Labute approximate surface area is 174 Å². The Hall–Kier alpha value is -3.00. The third-order valence-electron chi connectivity index (χ3n) is 4.46. The molecular weight excluding hydrogens is 388 g/mol. The van der Waals surface area contributed by atoms with Crippen molar-refractivity contribution in [3.8, 4) is 11.5 Å². The Balaban J connectivity index is 1.53. The van der Waals surface area contributed by atoms with Gasteiger partial charge in [-0.15, -0.1) is 10.2 Å². The van der Waals surface area contributed by atoms with E-state index in [2.05, 4.69) is 29.4 Å². The number of hydrogen-bond acceptors (Lipinski definition) is 6. The van der Waals surface area contributed by atoms with Crippen LogP contribution < -0.4 is 14.8 Å². The van der Waals surface area contributed by atoms with Crippen molar-refractivity contribution in [2.24, 2.45) is 7.05 Å². The Bertz CT molecular complexity index is 1000. The number of methoxy groups -OCH3 is 1. The molecule has 0 bridgehead atoms. The van der Waals surface area contributed by atoms with Crippen molar-refractivity contribution in [3.05, 3.63) is 59.4 Å². The smallest absolute Gasteiger partial charge is 0.234 e. The van der Waals surface area contributed by atoms with Crippen LogP contribution in [-0.4, -0.2) is 33.5 Å². The minimum atomic E-state index is -0.126. The largest absolute Gasteiger partial charge is 0.497 e. The molecule has 3 rings (SSSR count). The van der Waals surface area contributed by atoms with Crippen molar-refractivity contribution in [1.29, 1.82) is 0 Å². The first-order valence-corrected chi connectivity index (χ1v) is 10.1. The summed E-state index contributed by atoms with van der Waals surface area (Å²) in [6.45, 7) is 4.42. The van der Waals surface area contributed by atoms with Crippen LogP contribution >= 0.6 is 11.8 Å². The number of anilines is 1. The summed E-state index contributed by atoms with van der Waals surface area (Å²) in [5.74, 6) is 2.28. The van der Waals surface area contributed by atoms with Crippen molar-refractivity contribution < 1.29 is 14.3 Å². The second kappa shape index (κ2) is 9.47. The van der Waals surface area contributed by atoms with Crippen molar-refractivity contribution in [2.45, 2.75) is 25.6 Å². The van der Waals surface area contributed by atoms with Gasteiger partial charge in [-0.05, 0) is 49.2 Å². The summed E-state index contributed by atoms with van der Waals surface area (Å²) in [7, 11) is 3.45. The second-order valence-electron chi connectivity index (χ2n) is 6.56. The minimum Gasteiger partial charge on any atom is -0.497 e. The van der Waals surface area contributed by atoms with E-state index in [1.54, 1.807) is 13.2 Å². The van der Waals surface area contributed by atoms with E-state index in [0.29, 0.717) is 29.0 Å². The highest BCUT2D eigenvalue weighted by Crippen LogP contribution is 2.21. The number of ether oxygens (including phenoxy) is 2. The molecule has 1 amide bonds. The molecule has 8 heteroatoms. The fourth-order valence-electron chi connectivity index (χ4n) is 2.58. The summed E-state index contributed by atoms with van der Waals surface area (Å²) >= 11 is 1.32. The van der Waals surface area contributed by atoms with E-state index in [0.717, 1.165) is 5.75 Å². The molecule has 29 heavy (non-hydrogen) atoms. The molecule has 1 heterocycles. The Morgan fingerprint density at radius 2 is 1.93 bits per heavy atom. The van der Waals surface area contributed by atoms with Gasteiger partial charge in [-0.3, -0.25) is 4.79 Å². The zero-order chi connectivity index (χ0) is 20.8. The van der Waals surface area contributed by atoms with Gasteiger partial charge in [-0.25, -0.2) is 0 Å². The van der Waals surface area contributed by atoms with Crippen molar-refractivity contribution in [1.82, 2.24) is 14.8 Å². The van der Waals surface area contributed by atoms with Crippen LogP contribution in [0.5, 0.6) is 11.5 Å². The van der Waals surface area contributed by atoms with Crippen LogP contribution in [-0.2, 0) is 18.4 Å². The van der Waals surface area contributed by atoms with E-state index in [1.807, 2.05) is 48.0 Å². The maximum absolute atomic E-state index is 12.2. The molecular formula is C21H24N4O3S.